The number of benzene rings is 1. The zero-order chi connectivity index (χ0) is 13.8. The minimum Gasteiger partial charge on any atom is -0.493 e. The van der Waals surface area contributed by atoms with Crippen molar-refractivity contribution in [2.45, 2.75) is 32.7 Å². The molecule has 2 atom stereocenters. The average molecular weight is 262 g/mol. The first-order valence-electron chi connectivity index (χ1n) is 6.84. The topological polar surface area (TPSA) is 55.6 Å². The van der Waals surface area contributed by atoms with Gasteiger partial charge < -0.3 is 15.4 Å². The Labute approximate surface area is 114 Å². The third-order valence-electron chi connectivity index (χ3n) is 3.55. The normalized spacial score (nSPS) is 22.5. The van der Waals surface area contributed by atoms with E-state index in [2.05, 4.69) is 13.8 Å². The summed E-state index contributed by atoms with van der Waals surface area (Å²) in [6.45, 7) is 5.57. The van der Waals surface area contributed by atoms with Gasteiger partial charge in [0, 0.05) is 24.3 Å². The summed E-state index contributed by atoms with van der Waals surface area (Å²) in [5.41, 5.74) is 6.34. The van der Waals surface area contributed by atoms with E-state index in [0.29, 0.717) is 30.7 Å². The second-order valence-electron chi connectivity index (χ2n) is 5.41. The van der Waals surface area contributed by atoms with E-state index in [-0.39, 0.29) is 5.91 Å². The number of anilines is 1. The summed E-state index contributed by atoms with van der Waals surface area (Å²) in [5, 5.41) is 0. The number of likely N-dealkylation sites (tertiary alicyclic amines) is 1. The van der Waals surface area contributed by atoms with Crippen LogP contribution in [0.5, 0.6) is 5.75 Å². The van der Waals surface area contributed by atoms with Crippen molar-refractivity contribution >= 4 is 11.6 Å². The summed E-state index contributed by atoms with van der Waals surface area (Å²) in [5.74, 6) is 1.50. The Morgan fingerprint density at radius 3 is 2.89 bits per heavy atom. The van der Waals surface area contributed by atoms with Crippen LogP contribution in [-0.4, -0.2) is 30.0 Å². The summed E-state index contributed by atoms with van der Waals surface area (Å²) in [7, 11) is 0. The average Bonchev–Trinajstić information content (AvgIpc) is 2.68. The van der Waals surface area contributed by atoms with Gasteiger partial charge in [-0.25, -0.2) is 0 Å². The van der Waals surface area contributed by atoms with Crippen molar-refractivity contribution < 1.29 is 9.53 Å². The largest absolute Gasteiger partial charge is 0.493 e. The van der Waals surface area contributed by atoms with E-state index in [4.69, 9.17) is 10.5 Å². The van der Waals surface area contributed by atoms with Crippen LogP contribution in [0.15, 0.2) is 24.3 Å². The van der Waals surface area contributed by atoms with Crippen molar-refractivity contribution in [1.82, 2.24) is 4.90 Å². The predicted molar refractivity (Wildman–Crippen MR) is 75.9 cm³/mol. The smallest absolute Gasteiger partial charge is 0.226 e. The van der Waals surface area contributed by atoms with Crippen molar-refractivity contribution in [2.75, 3.05) is 18.9 Å². The van der Waals surface area contributed by atoms with E-state index < -0.39 is 0 Å². The van der Waals surface area contributed by atoms with Gasteiger partial charge in [0.2, 0.25) is 5.91 Å². The molecule has 0 aliphatic carbocycles. The summed E-state index contributed by atoms with van der Waals surface area (Å²) in [6, 6.07) is 7.63. The number of amides is 1. The van der Waals surface area contributed by atoms with E-state index >= 15 is 0 Å². The molecule has 1 aromatic rings. The molecule has 1 aromatic carbocycles. The lowest BCUT2D eigenvalue weighted by atomic mass is 10.1. The molecule has 2 unspecified atom stereocenters. The van der Waals surface area contributed by atoms with Crippen LogP contribution >= 0.6 is 0 Å². The molecule has 1 heterocycles. The SMILES string of the molecule is CC1CC(C)N(C(=O)CCOc2cccc(N)c2)C1. The molecule has 1 aliphatic heterocycles. The van der Waals surface area contributed by atoms with E-state index in [9.17, 15) is 4.79 Å². The number of nitrogen functional groups attached to an aromatic ring is 1. The van der Waals surface area contributed by atoms with Gasteiger partial charge >= 0.3 is 0 Å². The standard InChI is InChI=1S/C15H22N2O2/c1-11-8-12(2)17(10-11)15(18)6-7-19-14-5-3-4-13(16)9-14/h3-5,9,11-12H,6-8,10,16H2,1-2H3. The van der Waals surface area contributed by atoms with Crippen molar-refractivity contribution in [2.24, 2.45) is 5.92 Å². The number of carbonyl (C=O) groups is 1. The Morgan fingerprint density at radius 1 is 1.47 bits per heavy atom. The van der Waals surface area contributed by atoms with Crippen LogP contribution in [0.25, 0.3) is 0 Å². The fourth-order valence-corrected chi connectivity index (χ4v) is 2.65. The molecule has 0 radical (unpaired) electrons. The summed E-state index contributed by atoms with van der Waals surface area (Å²) in [4.78, 5) is 14.0. The van der Waals surface area contributed by atoms with Gasteiger partial charge in [0.25, 0.3) is 0 Å². The number of nitrogens with zero attached hydrogens (tertiary/aromatic N) is 1. The number of hydrogen-bond donors (Lipinski definition) is 1. The van der Waals surface area contributed by atoms with Gasteiger partial charge in [-0.3, -0.25) is 4.79 Å². The Morgan fingerprint density at radius 2 is 2.26 bits per heavy atom. The third-order valence-corrected chi connectivity index (χ3v) is 3.55. The van der Waals surface area contributed by atoms with Crippen LogP contribution < -0.4 is 10.5 Å². The molecule has 2 rings (SSSR count). The van der Waals surface area contributed by atoms with Crippen molar-refractivity contribution in [3.8, 4) is 5.75 Å². The van der Waals surface area contributed by atoms with Crippen LogP contribution in [0.3, 0.4) is 0 Å². The van der Waals surface area contributed by atoms with Gasteiger partial charge in [-0.15, -0.1) is 0 Å². The second kappa shape index (κ2) is 5.95. The lowest BCUT2D eigenvalue weighted by Gasteiger charge is -2.21. The summed E-state index contributed by atoms with van der Waals surface area (Å²) in [6.07, 6.45) is 1.52. The highest BCUT2D eigenvalue weighted by atomic mass is 16.5. The van der Waals surface area contributed by atoms with Crippen LogP contribution in [-0.2, 0) is 4.79 Å². The van der Waals surface area contributed by atoms with Gasteiger partial charge in [-0.2, -0.15) is 0 Å². The lowest BCUT2D eigenvalue weighted by molar-refractivity contribution is -0.132. The van der Waals surface area contributed by atoms with E-state index in [1.807, 2.05) is 23.1 Å². The van der Waals surface area contributed by atoms with Gasteiger partial charge in [0.05, 0.1) is 13.0 Å². The Hall–Kier alpha value is -1.71. The maximum absolute atomic E-state index is 12.1. The first-order chi connectivity index (χ1) is 9.06. The minimum atomic E-state index is 0.181. The van der Waals surface area contributed by atoms with Gasteiger partial charge in [-0.05, 0) is 31.4 Å². The molecule has 0 aromatic heterocycles. The molecule has 19 heavy (non-hydrogen) atoms. The van der Waals surface area contributed by atoms with Crippen LogP contribution in [0.2, 0.25) is 0 Å². The van der Waals surface area contributed by atoms with Gasteiger partial charge in [0.15, 0.2) is 0 Å². The fraction of sp³-hybridized carbons (Fsp3) is 0.533. The Balaban J connectivity index is 1.78. The maximum atomic E-state index is 12.1. The molecular weight excluding hydrogens is 240 g/mol. The first kappa shape index (κ1) is 13.7. The molecular formula is C15H22N2O2. The van der Waals surface area contributed by atoms with Crippen molar-refractivity contribution in [3.05, 3.63) is 24.3 Å². The number of rotatable bonds is 4. The second-order valence-corrected chi connectivity index (χ2v) is 5.41. The number of hydrogen-bond acceptors (Lipinski definition) is 3. The first-order valence-corrected chi connectivity index (χ1v) is 6.84. The highest BCUT2D eigenvalue weighted by Crippen LogP contribution is 2.23. The highest BCUT2D eigenvalue weighted by Gasteiger charge is 2.29. The molecule has 0 saturated carbocycles. The van der Waals surface area contributed by atoms with Crippen molar-refractivity contribution in [1.29, 1.82) is 0 Å². The van der Waals surface area contributed by atoms with Gasteiger partial charge in [-0.1, -0.05) is 13.0 Å². The highest BCUT2D eigenvalue weighted by molar-refractivity contribution is 5.77. The monoisotopic (exact) mass is 262 g/mol. The lowest BCUT2D eigenvalue weighted by Crippen LogP contribution is -2.34. The van der Waals surface area contributed by atoms with Crippen LogP contribution in [0.1, 0.15) is 26.7 Å². The Bertz CT molecular complexity index is 448. The van der Waals surface area contributed by atoms with E-state index in [1.165, 1.54) is 0 Å². The quantitative estimate of drug-likeness (QED) is 0.847. The molecule has 1 saturated heterocycles. The third kappa shape index (κ3) is 3.63. The minimum absolute atomic E-state index is 0.181. The molecule has 1 fully saturated rings. The Kier molecular flexibility index (Phi) is 4.30. The maximum Gasteiger partial charge on any atom is 0.226 e. The summed E-state index contributed by atoms with van der Waals surface area (Å²) >= 11 is 0. The molecule has 1 amide bonds. The summed E-state index contributed by atoms with van der Waals surface area (Å²) < 4.78 is 5.55. The molecule has 104 valence electrons. The molecule has 0 spiro atoms. The fourth-order valence-electron chi connectivity index (χ4n) is 2.65. The van der Waals surface area contributed by atoms with E-state index in [1.54, 1.807) is 6.07 Å². The molecule has 2 N–H and O–H groups in total. The van der Waals surface area contributed by atoms with Crippen LogP contribution in [0, 0.1) is 5.92 Å². The number of ether oxygens (including phenoxy) is 1. The van der Waals surface area contributed by atoms with Crippen LogP contribution in [0.4, 0.5) is 5.69 Å². The number of nitrogens with two attached hydrogens (primary N) is 1. The zero-order valence-electron chi connectivity index (χ0n) is 11.6. The van der Waals surface area contributed by atoms with Gasteiger partial charge in [0.1, 0.15) is 5.75 Å². The predicted octanol–water partition coefficient (Wildman–Crippen LogP) is 2.29. The van der Waals surface area contributed by atoms with E-state index in [0.717, 1.165) is 18.7 Å². The van der Waals surface area contributed by atoms with Crippen molar-refractivity contribution in [3.63, 3.8) is 0 Å². The molecule has 4 nitrogen and oxygen atoms in total. The molecule has 0 bridgehead atoms. The molecule has 1 aliphatic rings. The zero-order valence-corrected chi connectivity index (χ0v) is 11.6. The number of carbonyl (C=O) groups excluding carboxylic acids is 1. The molecule has 4 heteroatoms.